The van der Waals surface area contributed by atoms with Gasteiger partial charge in [-0.15, -0.1) is 24.8 Å². The van der Waals surface area contributed by atoms with Crippen LogP contribution >= 0.6 is 24.8 Å². The lowest BCUT2D eigenvalue weighted by molar-refractivity contribution is -0.121. The van der Waals surface area contributed by atoms with Crippen molar-refractivity contribution in [2.75, 3.05) is 52.6 Å². The van der Waals surface area contributed by atoms with Crippen molar-refractivity contribution in [3.8, 4) is 0 Å². The number of rotatable bonds is 8. The zero-order chi connectivity index (χ0) is 17.4. The fourth-order valence-corrected chi connectivity index (χ4v) is 3.11. The summed E-state index contributed by atoms with van der Waals surface area (Å²) < 4.78 is 0. The van der Waals surface area contributed by atoms with Gasteiger partial charge in [0.15, 0.2) is 0 Å². The lowest BCUT2D eigenvalue weighted by Gasteiger charge is -2.32. The number of carbonyl (C=O) groups excluding carboxylic acids is 1. The highest BCUT2D eigenvalue weighted by atomic mass is 35.5. The first-order valence-electron chi connectivity index (χ1n) is 9.01. The van der Waals surface area contributed by atoms with Crippen molar-refractivity contribution < 1.29 is 4.79 Å². The van der Waals surface area contributed by atoms with Gasteiger partial charge >= 0.3 is 0 Å². The van der Waals surface area contributed by atoms with E-state index in [4.69, 9.17) is 5.73 Å². The Balaban J connectivity index is 0.00000312. The van der Waals surface area contributed by atoms with Crippen LogP contribution in [0.4, 0.5) is 5.69 Å². The van der Waals surface area contributed by atoms with Crippen molar-refractivity contribution in [2.45, 2.75) is 25.7 Å². The number of anilines is 1. The Hall–Kier alpha value is -1.01. The van der Waals surface area contributed by atoms with Crippen LogP contribution in [0, 0.1) is 5.92 Å². The molecule has 5 nitrogen and oxygen atoms in total. The monoisotopic (exact) mass is 404 g/mol. The number of carbonyl (C=O) groups is 1. The second kappa shape index (κ2) is 13.2. The van der Waals surface area contributed by atoms with Crippen LogP contribution in [0.25, 0.3) is 0 Å². The molecule has 0 aliphatic carbocycles. The number of nitrogen functional groups attached to an aromatic ring is 1. The number of piperidine rings is 1. The van der Waals surface area contributed by atoms with Crippen LogP contribution in [0.1, 0.15) is 24.8 Å². The maximum absolute atomic E-state index is 12.0. The molecule has 1 fully saturated rings. The van der Waals surface area contributed by atoms with E-state index in [0.717, 1.165) is 44.0 Å². The molecule has 0 unspecified atom stereocenters. The summed E-state index contributed by atoms with van der Waals surface area (Å²) in [5.41, 5.74) is 7.75. The number of hydrogen-bond acceptors (Lipinski definition) is 4. The quantitative estimate of drug-likeness (QED) is 0.653. The van der Waals surface area contributed by atoms with Gasteiger partial charge in [0.25, 0.3) is 0 Å². The van der Waals surface area contributed by atoms with Gasteiger partial charge in [0, 0.05) is 31.7 Å². The maximum Gasteiger partial charge on any atom is 0.220 e. The largest absolute Gasteiger partial charge is 0.399 e. The minimum absolute atomic E-state index is 0. The molecule has 0 aromatic heterocycles. The molecule has 1 aliphatic heterocycles. The predicted molar refractivity (Wildman–Crippen MR) is 114 cm³/mol. The number of aryl methyl sites for hydroxylation is 1. The van der Waals surface area contributed by atoms with Crippen molar-refractivity contribution in [2.24, 2.45) is 5.92 Å². The van der Waals surface area contributed by atoms with Crippen molar-refractivity contribution in [3.63, 3.8) is 0 Å². The molecule has 1 heterocycles. The summed E-state index contributed by atoms with van der Waals surface area (Å²) in [6.45, 7) is 5.36. The molecule has 1 saturated heterocycles. The molecular formula is C19H34Cl2N4O. The third kappa shape index (κ3) is 9.08. The van der Waals surface area contributed by atoms with Crippen LogP contribution in [0.15, 0.2) is 24.3 Å². The molecule has 150 valence electrons. The number of halogens is 2. The zero-order valence-electron chi connectivity index (χ0n) is 15.9. The van der Waals surface area contributed by atoms with E-state index in [1.165, 1.54) is 12.8 Å². The van der Waals surface area contributed by atoms with Gasteiger partial charge in [-0.05, 0) is 64.0 Å². The fraction of sp³-hybridized carbons (Fsp3) is 0.632. The first-order valence-corrected chi connectivity index (χ1v) is 9.01. The molecule has 0 spiro atoms. The smallest absolute Gasteiger partial charge is 0.220 e. The van der Waals surface area contributed by atoms with E-state index in [0.29, 0.717) is 18.8 Å². The second-order valence-corrected chi connectivity index (χ2v) is 7.09. The molecule has 0 saturated carbocycles. The molecule has 3 N–H and O–H groups in total. The van der Waals surface area contributed by atoms with Crippen LogP contribution in [0.3, 0.4) is 0 Å². The molecule has 0 atom stereocenters. The molecule has 2 rings (SSSR count). The third-order valence-corrected chi connectivity index (χ3v) is 4.83. The van der Waals surface area contributed by atoms with E-state index in [1.54, 1.807) is 0 Å². The number of nitrogens with zero attached hydrogens (tertiary/aromatic N) is 2. The lowest BCUT2D eigenvalue weighted by Crippen LogP contribution is -2.41. The van der Waals surface area contributed by atoms with Crippen LogP contribution in [-0.2, 0) is 11.2 Å². The van der Waals surface area contributed by atoms with E-state index in [-0.39, 0.29) is 30.7 Å². The van der Waals surface area contributed by atoms with Gasteiger partial charge in [0.05, 0.1) is 0 Å². The number of nitrogens with two attached hydrogens (primary N) is 1. The van der Waals surface area contributed by atoms with Gasteiger partial charge in [-0.25, -0.2) is 0 Å². The van der Waals surface area contributed by atoms with E-state index >= 15 is 0 Å². The van der Waals surface area contributed by atoms with Gasteiger partial charge in [-0.3, -0.25) is 4.79 Å². The number of likely N-dealkylation sites (tertiary alicyclic amines) is 1. The van der Waals surface area contributed by atoms with Crippen LogP contribution in [-0.4, -0.2) is 62.5 Å². The summed E-state index contributed by atoms with van der Waals surface area (Å²) in [4.78, 5) is 16.8. The number of nitrogens with one attached hydrogen (secondary N) is 1. The molecule has 26 heavy (non-hydrogen) atoms. The van der Waals surface area contributed by atoms with Crippen molar-refractivity contribution in [3.05, 3.63) is 29.8 Å². The van der Waals surface area contributed by atoms with E-state index in [9.17, 15) is 4.79 Å². The van der Waals surface area contributed by atoms with Gasteiger partial charge in [0.1, 0.15) is 0 Å². The van der Waals surface area contributed by atoms with Crippen molar-refractivity contribution >= 4 is 36.4 Å². The number of likely N-dealkylation sites (N-methyl/N-ethyl adjacent to an activating group) is 1. The number of para-hydroxylation sites is 1. The van der Waals surface area contributed by atoms with Gasteiger partial charge < -0.3 is 20.9 Å². The summed E-state index contributed by atoms with van der Waals surface area (Å²) in [5.74, 6) is 0.750. The van der Waals surface area contributed by atoms with Gasteiger partial charge in [-0.2, -0.15) is 0 Å². The van der Waals surface area contributed by atoms with Crippen LogP contribution in [0.5, 0.6) is 0 Å². The van der Waals surface area contributed by atoms with E-state index in [1.807, 2.05) is 24.3 Å². The van der Waals surface area contributed by atoms with Crippen LogP contribution < -0.4 is 11.1 Å². The summed E-state index contributed by atoms with van der Waals surface area (Å²) in [5, 5.41) is 3.10. The minimum atomic E-state index is 0. The third-order valence-electron chi connectivity index (χ3n) is 4.83. The number of benzene rings is 1. The highest BCUT2D eigenvalue weighted by Crippen LogP contribution is 2.16. The maximum atomic E-state index is 12.0. The standard InChI is InChI=1S/C19H32N4O.2ClH/c1-22(2)13-14-23-11-9-16(10-12-23)15-21-19(24)8-7-17-5-3-4-6-18(17)20;;/h3-6,16H,7-15,20H2,1-2H3,(H,21,24);2*1H. The predicted octanol–water partition coefficient (Wildman–Crippen LogP) is 2.43. The summed E-state index contributed by atoms with van der Waals surface area (Å²) in [6, 6.07) is 7.76. The first-order chi connectivity index (χ1) is 11.5. The summed E-state index contributed by atoms with van der Waals surface area (Å²) >= 11 is 0. The van der Waals surface area contributed by atoms with Gasteiger partial charge in [0.2, 0.25) is 5.91 Å². The molecule has 0 bridgehead atoms. The second-order valence-electron chi connectivity index (χ2n) is 7.09. The topological polar surface area (TPSA) is 61.6 Å². The Labute approximate surface area is 170 Å². The number of hydrogen-bond donors (Lipinski definition) is 2. The van der Waals surface area contributed by atoms with E-state index < -0.39 is 0 Å². The summed E-state index contributed by atoms with van der Waals surface area (Å²) in [6.07, 6.45) is 3.58. The van der Waals surface area contributed by atoms with E-state index in [2.05, 4.69) is 29.2 Å². The Morgan fingerprint density at radius 2 is 1.88 bits per heavy atom. The fourth-order valence-electron chi connectivity index (χ4n) is 3.11. The average molecular weight is 405 g/mol. The molecule has 1 aliphatic rings. The highest BCUT2D eigenvalue weighted by molar-refractivity contribution is 5.85. The Bertz CT molecular complexity index is 520. The molecule has 0 radical (unpaired) electrons. The number of amides is 1. The minimum Gasteiger partial charge on any atom is -0.399 e. The SMILES string of the molecule is CN(C)CCN1CCC(CNC(=O)CCc2ccccc2N)CC1.Cl.Cl. The van der Waals surface area contributed by atoms with Crippen LogP contribution in [0.2, 0.25) is 0 Å². The molecule has 1 aromatic rings. The normalized spacial score (nSPS) is 15.2. The Morgan fingerprint density at radius 1 is 1.23 bits per heavy atom. The Morgan fingerprint density at radius 3 is 2.50 bits per heavy atom. The molecule has 1 amide bonds. The Kier molecular flexibility index (Phi) is 12.7. The zero-order valence-corrected chi connectivity index (χ0v) is 17.6. The molecule has 1 aromatic carbocycles. The summed E-state index contributed by atoms with van der Waals surface area (Å²) in [7, 11) is 4.23. The average Bonchev–Trinajstić information content (AvgIpc) is 2.58. The lowest BCUT2D eigenvalue weighted by atomic mass is 9.96. The molecule has 7 heteroatoms. The van der Waals surface area contributed by atoms with Crippen molar-refractivity contribution in [1.29, 1.82) is 0 Å². The highest BCUT2D eigenvalue weighted by Gasteiger charge is 2.19. The first kappa shape index (κ1) is 25.0. The van der Waals surface area contributed by atoms with Gasteiger partial charge in [-0.1, -0.05) is 18.2 Å². The van der Waals surface area contributed by atoms with Crippen molar-refractivity contribution in [1.82, 2.24) is 15.1 Å². The molecular weight excluding hydrogens is 371 g/mol.